The fraction of sp³-hybridized carbons (Fsp3) is 0.333. The molecule has 3 amide bonds. The number of anilines is 1. The Morgan fingerprint density at radius 1 is 0.939 bits per heavy atom. The number of rotatable bonds is 9. The van der Waals surface area contributed by atoms with Crippen molar-refractivity contribution in [2.75, 3.05) is 11.9 Å². The van der Waals surface area contributed by atoms with Crippen LogP contribution in [0.2, 0.25) is 0 Å². The molecular formula is C27H33N3O3. The van der Waals surface area contributed by atoms with Crippen LogP contribution in [0.25, 0.3) is 0 Å². The van der Waals surface area contributed by atoms with Crippen molar-refractivity contribution < 1.29 is 14.0 Å². The molecule has 0 spiro atoms. The van der Waals surface area contributed by atoms with Gasteiger partial charge < -0.3 is 19.5 Å². The minimum absolute atomic E-state index is 0.0243. The SMILES string of the molecule is CCc1cccc(NC(=O)N(CC(=O)N(Cc2ccccc2)Cc2ccc(C)o2)C(C)C)c1. The van der Waals surface area contributed by atoms with Gasteiger partial charge in [0.2, 0.25) is 5.91 Å². The van der Waals surface area contributed by atoms with Crippen molar-refractivity contribution in [1.82, 2.24) is 9.80 Å². The summed E-state index contributed by atoms with van der Waals surface area (Å²) in [6.07, 6.45) is 0.886. The third kappa shape index (κ3) is 6.97. The highest BCUT2D eigenvalue weighted by atomic mass is 16.3. The molecule has 3 rings (SSSR count). The van der Waals surface area contributed by atoms with Crippen LogP contribution in [0.1, 0.15) is 43.4 Å². The van der Waals surface area contributed by atoms with Crippen LogP contribution >= 0.6 is 0 Å². The summed E-state index contributed by atoms with van der Waals surface area (Å²) in [5.41, 5.74) is 2.89. The molecule has 0 saturated carbocycles. The molecule has 6 heteroatoms. The van der Waals surface area contributed by atoms with Gasteiger partial charge in [-0.05, 0) is 62.6 Å². The van der Waals surface area contributed by atoms with Gasteiger partial charge in [-0.25, -0.2) is 4.79 Å². The molecule has 2 aromatic carbocycles. The number of nitrogens with zero attached hydrogens (tertiary/aromatic N) is 2. The van der Waals surface area contributed by atoms with Gasteiger partial charge in [0.15, 0.2) is 0 Å². The van der Waals surface area contributed by atoms with E-state index in [0.29, 0.717) is 18.8 Å². The number of hydrogen-bond donors (Lipinski definition) is 1. The zero-order valence-corrected chi connectivity index (χ0v) is 19.9. The van der Waals surface area contributed by atoms with Crippen LogP contribution in [0.4, 0.5) is 10.5 Å². The summed E-state index contributed by atoms with van der Waals surface area (Å²) in [6, 6.07) is 20.9. The molecule has 0 aliphatic rings. The van der Waals surface area contributed by atoms with Gasteiger partial charge in [0.1, 0.15) is 18.1 Å². The quantitative estimate of drug-likeness (QED) is 0.463. The lowest BCUT2D eigenvalue weighted by Gasteiger charge is -2.30. The van der Waals surface area contributed by atoms with Crippen molar-refractivity contribution in [3.05, 3.63) is 89.4 Å². The first-order chi connectivity index (χ1) is 15.9. The molecule has 0 saturated heterocycles. The van der Waals surface area contributed by atoms with E-state index in [2.05, 4.69) is 12.2 Å². The Kier molecular flexibility index (Phi) is 8.30. The van der Waals surface area contributed by atoms with Gasteiger partial charge in [-0.2, -0.15) is 0 Å². The monoisotopic (exact) mass is 447 g/mol. The smallest absolute Gasteiger partial charge is 0.322 e. The van der Waals surface area contributed by atoms with Crippen molar-refractivity contribution in [3.8, 4) is 0 Å². The molecule has 174 valence electrons. The molecule has 0 radical (unpaired) electrons. The minimum Gasteiger partial charge on any atom is -0.464 e. The van der Waals surface area contributed by atoms with E-state index >= 15 is 0 Å². The maximum atomic E-state index is 13.4. The summed E-state index contributed by atoms with van der Waals surface area (Å²) in [5, 5.41) is 2.94. The molecule has 0 unspecified atom stereocenters. The fourth-order valence-corrected chi connectivity index (χ4v) is 3.59. The van der Waals surface area contributed by atoms with E-state index in [9.17, 15) is 9.59 Å². The number of hydrogen-bond acceptors (Lipinski definition) is 3. The van der Waals surface area contributed by atoms with E-state index in [0.717, 1.165) is 29.0 Å². The predicted molar refractivity (Wildman–Crippen MR) is 131 cm³/mol. The van der Waals surface area contributed by atoms with Crippen LogP contribution in [0.5, 0.6) is 0 Å². The Morgan fingerprint density at radius 3 is 2.30 bits per heavy atom. The number of benzene rings is 2. The molecule has 6 nitrogen and oxygen atoms in total. The topological polar surface area (TPSA) is 65.8 Å². The number of nitrogens with one attached hydrogen (secondary N) is 1. The minimum atomic E-state index is -0.292. The van der Waals surface area contributed by atoms with Crippen LogP contribution in [-0.4, -0.2) is 34.3 Å². The Balaban J connectivity index is 1.75. The van der Waals surface area contributed by atoms with E-state index in [1.54, 1.807) is 9.80 Å². The van der Waals surface area contributed by atoms with Crippen LogP contribution in [-0.2, 0) is 24.3 Å². The highest BCUT2D eigenvalue weighted by molar-refractivity contribution is 5.92. The standard InChI is InChI=1S/C27H33N3O3/c1-5-22-12-9-13-24(16-22)28-27(32)30(20(2)3)19-26(31)29(17-23-10-7-6-8-11-23)18-25-15-14-21(4)33-25/h6-16,20H,5,17-19H2,1-4H3,(H,28,32). The summed E-state index contributed by atoms with van der Waals surface area (Å²) in [4.78, 5) is 29.7. The van der Waals surface area contributed by atoms with Crippen molar-refractivity contribution in [2.45, 2.75) is 53.2 Å². The molecular weight excluding hydrogens is 414 g/mol. The van der Waals surface area contributed by atoms with Gasteiger partial charge in [-0.15, -0.1) is 0 Å². The van der Waals surface area contributed by atoms with Gasteiger partial charge in [-0.3, -0.25) is 4.79 Å². The molecule has 3 aromatic rings. The zero-order chi connectivity index (χ0) is 23.8. The molecule has 1 aromatic heterocycles. The first kappa shape index (κ1) is 24.1. The average molecular weight is 448 g/mol. The second-order valence-corrected chi connectivity index (χ2v) is 8.45. The highest BCUT2D eigenvalue weighted by Gasteiger charge is 2.24. The Morgan fingerprint density at radius 2 is 1.67 bits per heavy atom. The molecule has 0 aliphatic carbocycles. The third-order valence-electron chi connectivity index (χ3n) is 5.49. The van der Waals surface area contributed by atoms with E-state index in [1.165, 1.54) is 0 Å². The second kappa shape index (κ2) is 11.4. The van der Waals surface area contributed by atoms with E-state index < -0.39 is 0 Å². The third-order valence-corrected chi connectivity index (χ3v) is 5.49. The molecule has 0 fully saturated rings. The van der Waals surface area contributed by atoms with Crippen LogP contribution in [0.3, 0.4) is 0 Å². The van der Waals surface area contributed by atoms with E-state index in [-0.39, 0.29) is 24.5 Å². The van der Waals surface area contributed by atoms with Crippen molar-refractivity contribution in [3.63, 3.8) is 0 Å². The molecule has 0 aliphatic heterocycles. The summed E-state index contributed by atoms with van der Waals surface area (Å²) < 4.78 is 5.72. The lowest BCUT2D eigenvalue weighted by molar-refractivity contribution is -0.133. The van der Waals surface area contributed by atoms with E-state index in [4.69, 9.17) is 4.42 Å². The molecule has 0 bridgehead atoms. The summed E-state index contributed by atoms with van der Waals surface area (Å²) in [5.74, 6) is 1.38. The number of carbonyl (C=O) groups is 2. The number of furan rings is 1. The Bertz CT molecular complexity index is 1060. The van der Waals surface area contributed by atoms with Crippen molar-refractivity contribution in [2.24, 2.45) is 0 Å². The lowest BCUT2D eigenvalue weighted by atomic mass is 10.1. The van der Waals surface area contributed by atoms with E-state index in [1.807, 2.05) is 87.5 Å². The van der Waals surface area contributed by atoms with Crippen LogP contribution in [0, 0.1) is 6.92 Å². The number of carbonyl (C=O) groups excluding carboxylic acids is 2. The zero-order valence-electron chi connectivity index (χ0n) is 19.9. The Labute approximate surface area is 196 Å². The van der Waals surface area contributed by atoms with Gasteiger partial charge in [0.05, 0.1) is 6.54 Å². The van der Waals surface area contributed by atoms with Crippen molar-refractivity contribution in [1.29, 1.82) is 0 Å². The maximum absolute atomic E-state index is 13.4. The first-order valence-electron chi connectivity index (χ1n) is 11.4. The summed E-state index contributed by atoms with van der Waals surface area (Å²) in [6.45, 7) is 8.52. The molecule has 33 heavy (non-hydrogen) atoms. The maximum Gasteiger partial charge on any atom is 0.322 e. The van der Waals surface area contributed by atoms with Gasteiger partial charge in [0, 0.05) is 18.3 Å². The van der Waals surface area contributed by atoms with Crippen LogP contribution < -0.4 is 5.32 Å². The molecule has 0 atom stereocenters. The number of aryl methyl sites for hydroxylation is 2. The van der Waals surface area contributed by atoms with Gasteiger partial charge >= 0.3 is 6.03 Å². The summed E-state index contributed by atoms with van der Waals surface area (Å²) in [7, 11) is 0. The largest absolute Gasteiger partial charge is 0.464 e. The fourth-order valence-electron chi connectivity index (χ4n) is 3.59. The number of urea groups is 1. The number of amides is 3. The second-order valence-electron chi connectivity index (χ2n) is 8.45. The predicted octanol–water partition coefficient (Wildman–Crippen LogP) is 5.62. The van der Waals surface area contributed by atoms with Crippen molar-refractivity contribution >= 4 is 17.6 Å². The average Bonchev–Trinajstić information content (AvgIpc) is 3.21. The van der Waals surface area contributed by atoms with Gasteiger partial charge in [-0.1, -0.05) is 49.4 Å². The normalized spacial score (nSPS) is 10.8. The first-order valence-corrected chi connectivity index (χ1v) is 11.4. The molecule has 1 heterocycles. The van der Waals surface area contributed by atoms with Crippen LogP contribution in [0.15, 0.2) is 71.1 Å². The lowest BCUT2D eigenvalue weighted by Crippen LogP contribution is -2.47. The molecule has 1 N–H and O–H groups in total. The highest BCUT2D eigenvalue weighted by Crippen LogP contribution is 2.16. The Hall–Kier alpha value is -3.54. The van der Waals surface area contributed by atoms with Gasteiger partial charge in [0.25, 0.3) is 0 Å². The summed E-state index contributed by atoms with van der Waals surface area (Å²) >= 11 is 0.